The summed E-state index contributed by atoms with van der Waals surface area (Å²) in [6.07, 6.45) is 2.39. The van der Waals surface area contributed by atoms with Gasteiger partial charge in [0.2, 0.25) is 0 Å². The summed E-state index contributed by atoms with van der Waals surface area (Å²) < 4.78 is 10.4. The Balaban J connectivity index is 1.87. The highest BCUT2D eigenvalue weighted by atomic mass is 35.5. The van der Waals surface area contributed by atoms with Gasteiger partial charge in [-0.1, -0.05) is 37.0 Å². The topological polar surface area (TPSA) is 93.9 Å². The summed E-state index contributed by atoms with van der Waals surface area (Å²) in [7, 11) is 0. The smallest absolute Gasteiger partial charge is 0.326 e. The van der Waals surface area contributed by atoms with Crippen molar-refractivity contribution in [3.8, 4) is 0 Å². The Bertz CT molecular complexity index is 1110. The van der Waals surface area contributed by atoms with E-state index in [1.807, 2.05) is 13.8 Å². The van der Waals surface area contributed by atoms with Crippen LogP contribution in [0.5, 0.6) is 0 Å². The number of nitrogens with zero attached hydrogens (tertiary/aromatic N) is 1. The van der Waals surface area contributed by atoms with Crippen molar-refractivity contribution in [2.45, 2.75) is 13.8 Å². The standard InChI is InChI=1S/C19H15Cl2NO6S/c1-9(2)7-27-15(23)6-22-18(25)14(29-19(22)26)3-10-8-28-17-12(16(10)24)4-11(20)5-13(17)21/h3-5,8-9H,6-7H2,1-2H3/b14-3-. The Hall–Kier alpha value is -2.29. The Kier molecular flexibility index (Phi) is 6.36. The Morgan fingerprint density at radius 3 is 2.69 bits per heavy atom. The van der Waals surface area contributed by atoms with Gasteiger partial charge < -0.3 is 9.15 Å². The Labute approximate surface area is 179 Å². The van der Waals surface area contributed by atoms with Gasteiger partial charge in [0.1, 0.15) is 12.8 Å². The van der Waals surface area contributed by atoms with Gasteiger partial charge in [0.05, 0.1) is 27.5 Å². The van der Waals surface area contributed by atoms with Crippen LogP contribution in [0.4, 0.5) is 4.79 Å². The predicted molar refractivity (Wildman–Crippen MR) is 111 cm³/mol. The molecule has 1 aliphatic rings. The van der Waals surface area contributed by atoms with Gasteiger partial charge >= 0.3 is 5.97 Å². The molecule has 2 amide bonds. The second kappa shape index (κ2) is 8.61. The summed E-state index contributed by atoms with van der Waals surface area (Å²) >= 11 is 12.6. The number of amides is 2. The van der Waals surface area contributed by atoms with Gasteiger partial charge in [-0.25, -0.2) is 0 Å². The van der Waals surface area contributed by atoms with Crippen molar-refractivity contribution in [1.82, 2.24) is 4.90 Å². The highest BCUT2D eigenvalue weighted by molar-refractivity contribution is 8.18. The Morgan fingerprint density at radius 2 is 2.00 bits per heavy atom. The molecule has 10 heteroatoms. The summed E-state index contributed by atoms with van der Waals surface area (Å²) in [6, 6.07) is 2.85. The van der Waals surface area contributed by atoms with Crippen LogP contribution in [-0.4, -0.2) is 35.2 Å². The summed E-state index contributed by atoms with van der Waals surface area (Å²) in [6.45, 7) is 3.43. The molecule has 3 rings (SSSR count). The van der Waals surface area contributed by atoms with Crippen molar-refractivity contribution in [1.29, 1.82) is 0 Å². The lowest BCUT2D eigenvalue weighted by Crippen LogP contribution is -2.34. The molecular weight excluding hydrogens is 441 g/mol. The lowest BCUT2D eigenvalue weighted by molar-refractivity contribution is -0.147. The lowest BCUT2D eigenvalue weighted by Gasteiger charge is -2.12. The number of thioether (sulfide) groups is 1. The minimum atomic E-state index is -0.690. The molecule has 1 aromatic heterocycles. The van der Waals surface area contributed by atoms with Gasteiger partial charge in [-0.3, -0.25) is 24.1 Å². The van der Waals surface area contributed by atoms with Crippen LogP contribution in [0.2, 0.25) is 10.0 Å². The van der Waals surface area contributed by atoms with Crippen LogP contribution in [0, 0.1) is 5.92 Å². The van der Waals surface area contributed by atoms with E-state index in [-0.39, 0.29) is 44.0 Å². The molecule has 0 saturated carbocycles. The van der Waals surface area contributed by atoms with Gasteiger partial charge in [-0.2, -0.15) is 0 Å². The number of carbonyl (C=O) groups excluding carboxylic acids is 3. The fraction of sp³-hybridized carbons (Fsp3) is 0.263. The molecule has 152 valence electrons. The first kappa shape index (κ1) is 21.4. The van der Waals surface area contributed by atoms with Gasteiger partial charge in [-0.15, -0.1) is 0 Å². The number of rotatable bonds is 5. The van der Waals surface area contributed by atoms with Crippen molar-refractivity contribution < 1.29 is 23.5 Å². The third-order valence-corrected chi connectivity index (χ3v) is 5.25. The molecule has 1 saturated heterocycles. The maximum atomic E-state index is 12.7. The minimum Gasteiger partial charge on any atom is -0.464 e. The monoisotopic (exact) mass is 455 g/mol. The molecule has 0 radical (unpaired) electrons. The first-order valence-corrected chi connectivity index (χ1v) is 10.1. The fourth-order valence-electron chi connectivity index (χ4n) is 2.49. The van der Waals surface area contributed by atoms with E-state index in [0.29, 0.717) is 11.8 Å². The molecule has 1 aromatic carbocycles. The first-order chi connectivity index (χ1) is 13.7. The van der Waals surface area contributed by atoms with Crippen LogP contribution in [0.15, 0.2) is 32.5 Å². The highest BCUT2D eigenvalue weighted by Gasteiger charge is 2.37. The van der Waals surface area contributed by atoms with E-state index in [1.165, 1.54) is 18.2 Å². The van der Waals surface area contributed by atoms with E-state index in [0.717, 1.165) is 11.2 Å². The van der Waals surface area contributed by atoms with E-state index in [4.69, 9.17) is 32.4 Å². The van der Waals surface area contributed by atoms with Crippen LogP contribution in [0.25, 0.3) is 17.0 Å². The lowest BCUT2D eigenvalue weighted by atomic mass is 10.1. The number of halogens is 2. The maximum Gasteiger partial charge on any atom is 0.326 e. The average molecular weight is 456 g/mol. The summed E-state index contributed by atoms with van der Waals surface area (Å²) in [5, 5.41) is -0.0460. The third kappa shape index (κ3) is 4.66. The van der Waals surface area contributed by atoms with Gasteiger partial charge in [0, 0.05) is 5.02 Å². The average Bonchev–Trinajstić information content (AvgIpc) is 2.90. The number of esters is 1. The molecule has 0 atom stereocenters. The predicted octanol–water partition coefficient (Wildman–Crippen LogP) is 4.34. The van der Waals surface area contributed by atoms with Crippen LogP contribution < -0.4 is 5.43 Å². The third-order valence-electron chi connectivity index (χ3n) is 3.84. The number of ether oxygens (including phenoxy) is 1. The summed E-state index contributed by atoms with van der Waals surface area (Å²) in [5.74, 6) is -1.25. The number of carbonyl (C=O) groups is 3. The quantitative estimate of drug-likeness (QED) is 0.488. The van der Waals surface area contributed by atoms with Crippen molar-refractivity contribution in [2.75, 3.05) is 13.2 Å². The number of imide groups is 1. The number of fused-ring (bicyclic) bond motifs is 1. The molecule has 0 spiro atoms. The van der Waals surface area contributed by atoms with Gasteiger partial charge in [0.25, 0.3) is 11.1 Å². The van der Waals surface area contributed by atoms with Crippen molar-refractivity contribution in [3.63, 3.8) is 0 Å². The van der Waals surface area contributed by atoms with E-state index in [9.17, 15) is 19.2 Å². The molecule has 0 unspecified atom stereocenters. The summed E-state index contributed by atoms with van der Waals surface area (Å²) in [5.41, 5.74) is -0.248. The van der Waals surface area contributed by atoms with Gasteiger partial charge in [-0.05, 0) is 35.9 Å². The maximum absolute atomic E-state index is 12.7. The molecule has 7 nitrogen and oxygen atoms in total. The van der Waals surface area contributed by atoms with Gasteiger partial charge in [0.15, 0.2) is 11.0 Å². The molecule has 29 heavy (non-hydrogen) atoms. The van der Waals surface area contributed by atoms with Crippen molar-refractivity contribution in [3.05, 3.63) is 49.1 Å². The highest BCUT2D eigenvalue weighted by Crippen LogP contribution is 2.32. The molecule has 1 fully saturated rings. The second-order valence-electron chi connectivity index (χ2n) is 6.63. The zero-order valence-electron chi connectivity index (χ0n) is 15.4. The minimum absolute atomic E-state index is 0.00793. The normalized spacial score (nSPS) is 15.8. The van der Waals surface area contributed by atoms with Crippen LogP contribution in [0.3, 0.4) is 0 Å². The Morgan fingerprint density at radius 1 is 1.28 bits per heavy atom. The van der Waals surface area contributed by atoms with E-state index in [2.05, 4.69) is 0 Å². The zero-order chi connectivity index (χ0) is 21.3. The largest absolute Gasteiger partial charge is 0.464 e. The molecule has 1 aliphatic heterocycles. The fourth-order valence-corrected chi connectivity index (χ4v) is 3.86. The number of hydrogen-bond donors (Lipinski definition) is 0. The van der Waals surface area contributed by atoms with Crippen LogP contribution in [-0.2, 0) is 14.3 Å². The molecule has 0 bridgehead atoms. The molecule has 2 heterocycles. The molecule has 0 aliphatic carbocycles. The van der Waals surface area contributed by atoms with Crippen molar-refractivity contribution >= 4 is 69.1 Å². The molecular formula is C19H15Cl2NO6S. The van der Waals surface area contributed by atoms with E-state index >= 15 is 0 Å². The van der Waals surface area contributed by atoms with Crippen LogP contribution >= 0.6 is 35.0 Å². The number of hydrogen-bond acceptors (Lipinski definition) is 7. The van der Waals surface area contributed by atoms with Crippen LogP contribution in [0.1, 0.15) is 19.4 Å². The zero-order valence-corrected chi connectivity index (χ0v) is 17.7. The van der Waals surface area contributed by atoms with Crippen molar-refractivity contribution in [2.24, 2.45) is 5.92 Å². The van der Waals surface area contributed by atoms with E-state index in [1.54, 1.807) is 0 Å². The SMILES string of the molecule is CC(C)COC(=O)CN1C(=O)S/C(=C\c2coc3c(Cl)cc(Cl)cc3c2=O)C1=O. The number of benzene rings is 1. The molecule has 0 N–H and O–H groups in total. The summed E-state index contributed by atoms with van der Waals surface area (Å²) in [4.78, 5) is 49.9. The first-order valence-electron chi connectivity index (χ1n) is 8.49. The molecule has 2 aromatic rings. The second-order valence-corrected chi connectivity index (χ2v) is 8.47. The van der Waals surface area contributed by atoms with E-state index < -0.39 is 29.1 Å².